The van der Waals surface area contributed by atoms with Crippen LogP contribution >= 0.6 is 0 Å². The second kappa shape index (κ2) is 8.09. The van der Waals surface area contributed by atoms with Gasteiger partial charge >= 0.3 is 0 Å². The van der Waals surface area contributed by atoms with Gasteiger partial charge in [-0.1, -0.05) is 6.07 Å². The van der Waals surface area contributed by atoms with Gasteiger partial charge in [0.05, 0.1) is 18.3 Å². The lowest BCUT2D eigenvalue weighted by atomic mass is 10.1. The van der Waals surface area contributed by atoms with Crippen molar-refractivity contribution in [2.75, 3.05) is 25.0 Å². The molecule has 3 aromatic rings. The Bertz CT molecular complexity index is 910. The molecule has 1 fully saturated rings. The van der Waals surface area contributed by atoms with Gasteiger partial charge in [0.2, 0.25) is 11.8 Å². The van der Waals surface area contributed by atoms with Crippen molar-refractivity contribution in [3.05, 3.63) is 55.1 Å². The second-order valence-electron chi connectivity index (χ2n) is 6.60. The Labute approximate surface area is 157 Å². The van der Waals surface area contributed by atoms with Crippen molar-refractivity contribution in [3.8, 4) is 5.88 Å². The first-order valence-corrected chi connectivity index (χ1v) is 9.06. The summed E-state index contributed by atoms with van der Waals surface area (Å²) in [6.45, 7) is 2.02. The number of nitrogens with zero attached hydrogens (tertiary/aromatic N) is 4. The van der Waals surface area contributed by atoms with Crippen molar-refractivity contribution in [2.45, 2.75) is 18.9 Å². The van der Waals surface area contributed by atoms with Gasteiger partial charge in [-0.3, -0.25) is 19.7 Å². The quantitative estimate of drug-likeness (QED) is 0.750. The molecule has 1 amide bonds. The Hall–Kier alpha value is -3.06. The first kappa shape index (κ1) is 17.4. The van der Waals surface area contributed by atoms with Crippen molar-refractivity contribution in [1.29, 1.82) is 0 Å². The summed E-state index contributed by atoms with van der Waals surface area (Å²) in [5.41, 5.74) is 1.71. The lowest BCUT2D eigenvalue weighted by Crippen LogP contribution is -2.42. The maximum Gasteiger partial charge on any atom is 0.238 e. The van der Waals surface area contributed by atoms with Gasteiger partial charge in [0.15, 0.2) is 0 Å². The van der Waals surface area contributed by atoms with Gasteiger partial charge in [0.25, 0.3) is 0 Å². The molecule has 0 unspecified atom stereocenters. The molecule has 0 spiro atoms. The van der Waals surface area contributed by atoms with E-state index in [0.29, 0.717) is 12.4 Å². The molecule has 0 atom stereocenters. The summed E-state index contributed by atoms with van der Waals surface area (Å²) in [7, 11) is 0. The number of benzene rings is 1. The number of nitrogens with one attached hydrogen (secondary N) is 1. The van der Waals surface area contributed by atoms with Crippen LogP contribution in [-0.4, -0.2) is 51.5 Å². The van der Waals surface area contributed by atoms with Crippen molar-refractivity contribution >= 4 is 22.5 Å². The van der Waals surface area contributed by atoms with Crippen LogP contribution in [0.4, 0.5) is 5.69 Å². The molecule has 138 valence electrons. The normalized spacial score (nSPS) is 15.6. The fourth-order valence-electron chi connectivity index (χ4n) is 3.26. The van der Waals surface area contributed by atoms with Crippen LogP contribution in [0.15, 0.2) is 55.1 Å². The predicted molar refractivity (Wildman–Crippen MR) is 102 cm³/mol. The van der Waals surface area contributed by atoms with E-state index in [0.717, 1.165) is 42.5 Å². The zero-order valence-electron chi connectivity index (χ0n) is 14.9. The third kappa shape index (κ3) is 4.57. The maximum absolute atomic E-state index is 12.4. The van der Waals surface area contributed by atoms with Crippen molar-refractivity contribution in [2.24, 2.45) is 0 Å². The van der Waals surface area contributed by atoms with Crippen LogP contribution in [0, 0.1) is 0 Å². The van der Waals surface area contributed by atoms with Gasteiger partial charge < -0.3 is 10.1 Å². The van der Waals surface area contributed by atoms with Gasteiger partial charge in [-0.2, -0.15) is 0 Å². The number of pyridine rings is 1. The molecule has 1 saturated heterocycles. The van der Waals surface area contributed by atoms with Crippen LogP contribution in [-0.2, 0) is 4.79 Å². The molecule has 0 saturated carbocycles. The molecule has 0 bridgehead atoms. The zero-order chi connectivity index (χ0) is 18.5. The number of carbonyl (C=O) groups excluding carboxylic acids is 1. The van der Waals surface area contributed by atoms with Gasteiger partial charge in [0.1, 0.15) is 6.10 Å². The number of rotatable bonds is 5. The first-order valence-electron chi connectivity index (χ1n) is 9.06. The van der Waals surface area contributed by atoms with Crippen LogP contribution in [0.3, 0.4) is 0 Å². The smallest absolute Gasteiger partial charge is 0.238 e. The van der Waals surface area contributed by atoms with E-state index in [1.54, 1.807) is 24.8 Å². The molecule has 1 N–H and O–H groups in total. The van der Waals surface area contributed by atoms with Gasteiger partial charge in [-0.15, -0.1) is 0 Å². The monoisotopic (exact) mass is 363 g/mol. The SMILES string of the molecule is O=C(CN1CCC(Oc2cnccn2)CC1)Nc1ccc2ncccc2c1. The van der Waals surface area contributed by atoms with Gasteiger partial charge in [0, 0.05) is 42.8 Å². The Morgan fingerprint density at radius 2 is 2.04 bits per heavy atom. The second-order valence-corrected chi connectivity index (χ2v) is 6.60. The molecule has 7 heteroatoms. The predicted octanol–water partition coefficient (Wildman–Crippen LogP) is 2.51. The highest BCUT2D eigenvalue weighted by molar-refractivity contribution is 5.94. The highest BCUT2D eigenvalue weighted by Gasteiger charge is 2.22. The van der Waals surface area contributed by atoms with Gasteiger partial charge in [-0.05, 0) is 37.1 Å². The molecule has 1 aliphatic rings. The Morgan fingerprint density at radius 3 is 2.85 bits per heavy atom. The van der Waals surface area contributed by atoms with Crippen molar-refractivity contribution in [1.82, 2.24) is 19.9 Å². The van der Waals surface area contributed by atoms with Crippen LogP contribution in [0.1, 0.15) is 12.8 Å². The van der Waals surface area contributed by atoms with E-state index in [-0.39, 0.29) is 12.0 Å². The molecule has 4 rings (SSSR count). The van der Waals surface area contributed by atoms with Crippen LogP contribution in [0.2, 0.25) is 0 Å². The summed E-state index contributed by atoms with van der Waals surface area (Å²) in [4.78, 5) is 27.0. The fraction of sp³-hybridized carbons (Fsp3) is 0.300. The third-order valence-corrected chi connectivity index (χ3v) is 4.62. The number of anilines is 1. The van der Waals surface area contributed by atoms with Crippen molar-refractivity contribution in [3.63, 3.8) is 0 Å². The number of likely N-dealkylation sites (tertiary alicyclic amines) is 1. The molecular weight excluding hydrogens is 342 g/mol. The summed E-state index contributed by atoms with van der Waals surface area (Å²) >= 11 is 0. The molecule has 1 aliphatic heterocycles. The number of fused-ring (bicyclic) bond motifs is 1. The van der Waals surface area contributed by atoms with E-state index >= 15 is 0 Å². The molecule has 0 aliphatic carbocycles. The number of aromatic nitrogens is 3. The number of hydrogen-bond donors (Lipinski definition) is 1. The average molecular weight is 363 g/mol. The Morgan fingerprint density at radius 1 is 1.15 bits per heavy atom. The average Bonchev–Trinajstić information content (AvgIpc) is 2.70. The molecular formula is C20H21N5O2. The zero-order valence-corrected chi connectivity index (χ0v) is 14.9. The van der Waals surface area contributed by atoms with Crippen LogP contribution in [0.5, 0.6) is 5.88 Å². The van der Waals surface area contributed by atoms with E-state index < -0.39 is 0 Å². The molecule has 3 heterocycles. The minimum absolute atomic E-state index is 0.00784. The third-order valence-electron chi connectivity index (χ3n) is 4.62. The molecule has 27 heavy (non-hydrogen) atoms. The maximum atomic E-state index is 12.4. The minimum Gasteiger partial charge on any atom is -0.473 e. The van der Waals surface area contributed by atoms with E-state index in [4.69, 9.17) is 4.74 Å². The Balaban J connectivity index is 1.26. The number of amides is 1. The van der Waals surface area contributed by atoms with E-state index in [1.165, 1.54) is 0 Å². The van der Waals surface area contributed by atoms with Gasteiger partial charge in [-0.25, -0.2) is 4.98 Å². The highest BCUT2D eigenvalue weighted by atomic mass is 16.5. The largest absolute Gasteiger partial charge is 0.473 e. The standard InChI is InChI=1S/C20H21N5O2/c26-19(24-16-3-4-18-15(12-16)2-1-7-22-18)14-25-10-5-17(6-11-25)27-20-13-21-8-9-23-20/h1-4,7-9,12-13,17H,5-6,10-11,14H2,(H,24,26). The topological polar surface area (TPSA) is 80.2 Å². The number of hydrogen-bond acceptors (Lipinski definition) is 6. The molecule has 7 nitrogen and oxygen atoms in total. The van der Waals surface area contributed by atoms with E-state index in [2.05, 4.69) is 25.2 Å². The molecule has 1 aromatic carbocycles. The number of piperidine rings is 1. The van der Waals surface area contributed by atoms with Crippen LogP contribution in [0.25, 0.3) is 10.9 Å². The molecule has 0 radical (unpaired) electrons. The summed E-state index contributed by atoms with van der Waals surface area (Å²) < 4.78 is 5.84. The van der Waals surface area contributed by atoms with E-state index in [1.807, 2.05) is 30.3 Å². The Kier molecular flexibility index (Phi) is 5.20. The van der Waals surface area contributed by atoms with Crippen LogP contribution < -0.4 is 10.1 Å². The van der Waals surface area contributed by atoms with E-state index in [9.17, 15) is 4.79 Å². The summed E-state index contributed by atoms with van der Waals surface area (Å²) in [5.74, 6) is 0.547. The minimum atomic E-state index is -0.00784. The number of carbonyl (C=O) groups is 1. The fourth-order valence-corrected chi connectivity index (χ4v) is 3.26. The number of ether oxygens (including phenoxy) is 1. The lowest BCUT2D eigenvalue weighted by Gasteiger charge is -2.31. The van der Waals surface area contributed by atoms with Crippen molar-refractivity contribution < 1.29 is 9.53 Å². The lowest BCUT2D eigenvalue weighted by molar-refractivity contribution is -0.117. The summed E-state index contributed by atoms with van der Waals surface area (Å²) in [6.07, 6.45) is 8.49. The molecule has 2 aromatic heterocycles. The highest BCUT2D eigenvalue weighted by Crippen LogP contribution is 2.18. The first-order chi connectivity index (χ1) is 13.3. The summed E-state index contributed by atoms with van der Waals surface area (Å²) in [5, 5.41) is 3.99. The summed E-state index contributed by atoms with van der Waals surface area (Å²) in [6, 6.07) is 9.62.